The van der Waals surface area contributed by atoms with Gasteiger partial charge in [0.2, 0.25) is 0 Å². The van der Waals surface area contributed by atoms with Crippen LogP contribution in [0.2, 0.25) is 0 Å². The van der Waals surface area contributed by atoms with E-state index in [1.165, 1.54) is 22.8 Å². The van der Waals surface area contributed by atoms with E-state index in [2.05, 4.69) is 71.1 Å². The third-order valence-corrected chi connectivity index (χ3v) is 4.07. The number of nitrogens with one attached hydrogen (secondary N) is 1. The maximum atomic E-state index is 3.80. The first-order chi connectivity index (χ1) is 9.74. The van der Waals surface area contributed by atoms with Crippen molar-refractivity contribution in [3.8, 4) is 0 Å². The van der Waals surface area contributed by atoms with Crippen LogP contribution in [0.5, 0.6) is 0 Å². The molecule has 1 N–H and O–H groups in total. The Hall–Kier alpha value is -1.12. The molecule has 0 saturated carbocycles. The molecule has 2 heteroatoms. The lowest BCUT2D eigenvalue weighted by Crippen LogP contribution is -2.20. The van der Waals surface area contributed by atoms with E-state index < -0.39 is 0 Å². The van der Waals surface area contributed by atoms with Gasteiger partial charge in [-0.3, -0.25) is 0 Å². The summed E-state index contributed by atoms with van der Waals surface area (Å²) in [5, 5.41) is 6.18. The molecule has 2 aromatic carbocycles. The average Bonchev–Trinajstić information content (AvgIpc) is 2.46. The zero-order chi connectivity index (χ0) is 14.4. The van der Waals surface area contributed by atoms with Gasteiger partial charge in [-0.25, -0.2) is 0 Å². The molecule has 0 amide bonds. The molecule has 0 spiro atoms. The Morgan fingerprint density at radius 3 is 2.70 bits per heavy atom. The van der Waals surface area contributed by atoms with Crippen molar-refractivity contribution in [2.75, 3.05) is 6.54 Å². The highest BCUT2D eigenvalue weighted by atomic mass is 79.9. The van der Waals surface area contributed by atoms with E-state index in [1.807, 2.05) is 6.08 Å². The van der Waals surface area contributed by atoms with Crippen molar-refractivity contribution in [1.82, 2.24) is 5.32 Å². The standard InChI is InChI=1S/C18H22BrN/c1-3-5-6-7-18(20-4-2)16-9-8-15-13-17(19)11-10-14(15)12-16/h3,8-13,18,20H,1,4-7H2,2H3. The Morgan fingerprint density at radius 2 is 1.95 bits per heavy atom. The number of halogens is 1. The van der Waals surface area contributed by atoms with Crippen LogP contribution in [0.1, 0.15) is 37.8 Å². The second-order valence-electron chi connectivity index (χ2n) is 5.08. The third kappa shape index (κ3) is 3.94. The minimum atomic E-state index is 0.438. The number of allylic oxidation sites excluding steroid dienone is 1. The topological polar surface area (TPSA) is 12.0 Å². The van der Waals surface area contributed by atoms with Crippen LogP contribution in [0, 0.1) is 0 Å². The van der Waals surface area contributed by atoms with Crippen LogP contribution in [0.3, 0.4) is 0 Å². The lowest BCUT2D eigenvalue weighted by atomic mass is 9.98. The van der Waals surface area contributed by atoms with Crippen molar-refractivity contribution in [1.29, 1.82) is 0 Å². The van der Waals surface area contributed by atoms with Gasteiger partial charge in [0.15, 0.2) is 0 Å². The molecule has 0 fully saturated rings. The van der Waals surface area contributed by atoms with Crippen molar-refractivity contribution >= 4 is 26.7 Å². The van der Waals surface area contributed by atoms with E-state index in [4.69, 9.17) is 0 Å². The van der Waals surface area contributed by atoms with E-state index >= 15 is 0 Å². The van der Waals surface area contributed by atoms with Gasteiger partial charge in [0.25, 0.3) is 0 Å². The fourth-order valence-corrected chi connectivity index (χ4v) is 2.93. The molecular formula is C18H22BrN. The second-order valence-corrected chi connectivity index (χ2v) is 6.00. The van der Waals surface area contributed by atoms with E-state index in [0.717, 1.165) is 23.9 Å². The monoisotopic (exact) mass is 331 g/mol. The quantitative estimate of drug-likeness (QED) is 0.513. The lowest BCUT2D eigenvalue weighted by molar-refractivity contribution is 0.501. The first-order valence-corrected chi connectivity index (χ1v) is 8.07. The van der Waals surface area contributed by atoms with Gasteiger partial charge < -0.3 is 5.32 Å². The van der Waals surface area contributed by atoms with Crippen LogP contribution in [0.25, 0.3) is 10.8 Å². The van der Waals surface area contributed by atoms with Gasteiger partial charge in [0.05, 0.1) is 0 Å². The van der Waals surface area contributed by atoms with Gasteiger partial charge in [0.1, 0.15) is 0 Å². The summed E-state index contributed by atoms with van der Waals surface area (Å²) in [6.07, 6.45) is 5.42. The number of hydrogen-bond acceptors (Lipinski definition) is 1. The molecular weight excluding hydrogens is 310 g/mol. The van der Waals surface area contributed by atoms with Gasteiger partial charge in [0, 0.05) is 10.5 Å². The molecule has 0 aromatic heterocycles. The normalized spacial score (nSPS) is 12.5. The van der Waals surface area contributed by atoms with Crippen molar-refractivity contribution in [3.63, 3.8) is 0 Å². The van der Waals surface area contributed by atoms with Crippen LogP contribution in [-0.2, 0) is 0 Å². The maximum absolute atomic E-state index is 3.80. The smallest absolute Gasteiger partial charge is 0.0320 e. The predicted octanol–water partition coefficient (Wildman–Crippen LogP) is 5.61. The average molecular weight is 332 g/mol. The minimum Gasteiger partial charge on any atom is -0.310 e. The fraction of sp³-hybridized carbons (Fsp3) is 0.333. The van der Waals surface area contributed by atoms with Crippen LogP contribution in [-0.4, -0.2) is 6.54 Å². The summed E-state index contributed by atoms with van der Waals surface area (Å²) in [5.41, 5.74) is 1.38. The zero-order valence-corrected chi connectivity index (χ0v) is 13.6. The van der Waals surface area contributed by atoms with Crippen molar-refractivity contribution in [2.45, 2.75) is 32.2 Å². The summed E-state index contributed by atoms with van der Waals surface area (Å²) in [6.45, 7) is 6.96. The third-order valence-electron chi connectivity index (χ3n) is 3.58. The van der Waals surface area contributed by atoms with E-state index in [1.54, 1.807) is 0 Å². The van der Waals surface area contributed by atoms with Crippen molar-refractivity contribution < 1.29 is 0 Å². The van der Waals surface area contributed by atoms with Crippen LogP contribution >= 0.6 is 15.9 Å². The zero-order valence-electron chi connectivity index (χ0n) is 12.0. The molecule has 1 atom stereocenters. The second kappa shape index (κ2) is 7.61. The molecule has 0 heterocycles. The highest BCUT2D eigenvalue weighted by Gasteiger charge is 2.10. The molecule has 0 bridgehead atoms. The molecule has 0 radical (unpaired) electrons. The Labute approximate surface area is 130 Å². The molecule has 2 rings (SSSR count). The lowest BCUT2D eigenvalue weighted by Gasteiger charge is -2.18. The Bertz CT molecular complexity index is 577. The number of unbranched alkanes of at least 4 members (excludes halogenated alkanes) is 1. The van der Waals surface area contributed by atoms with E-state index in [0.29, 0.717) is 6.04 Å². The van der Waals surface area contributed by atoms with Gasteiger partial charge in [-0.05, 0) is 60.3 Å². The molecule has 0 saturated heterocycles. The largest absolute Gasteiger partial charge is 0.310 e. The summed E-state index contributed by atoms with van der Waals surface area (Å²) in [7, 11) is 0. The molecule has 1 unspecified atom stereocenters. The molecule has 2 aromatic rings. The van der Waals surface area contributed by atoms with Gasteiger partial charge >= 0.3 is 0 Å². The molecule has 0 aliphatic heterocycles. The number of fused-ring (bicyclic) bond motifs is 1. The van der Waals surface area contributed by atoms with Crippen LogP contribution < -0.4 is 5.32 Å². The Balaban J connectivity index is 2.23. The number of hydrogen-bond donors (Lipinski definition) is 1. The Morgan fingerprint density at radius 1 is 1.20 bits per heavy atom. The molecule has 0 aliphatic carbocycles. The summed E-state index contributed by atoms with van der Waals surface area (Å²) >= 11 is 3.53. The fourth-order valence-electron chi connectivity index (χ4n) is 2.55. The SMILES string of the molecule is C=CCCCC(NCC)c1ccc2cc(Br)ccc2c1. The molecule has 0 aliphatic rings. The summed E-state index contributed by atoms with van der Waals surface area (Å²) in [6, 6.07) is 13.7. The maximum Gasteiger partial charge on any atom is 0.0320 e. The van der Waals surface area contributed by atoms with E-state index in [-0.39, 0.29) is 0 Å². The first kappa shape index (κ1) is 15.3. The predicted molar refractivity (Wildman–Crippen MR) is 92.1 cm³/mol. The van der Waals surface area contributed by atoms with Crippen LogP contribution in [0.15, 0.2) is 53.5 Å². The summed E-state index contributed by atoms with van der Waals surface area (Å²) in [4.78, 5) is 0. The van der Waals surface area contributed by atoms with Crippen molar-refractivity contribution in [3.05, 3.63) is 59.1 Å². The summed E-state index contributed by atoms with van der Waals surface area (Å²) < 4.78 is 1.13. The van der Waals surface area contributed by atoms with Gasteiger partial charge in [-0.15, -0.1) is 6.58 Å². The molecule has 1 nitrogen and oxygen atoms in total. The number of rotatable bonds is 7. The highest BCUT2D eigenvalue weighted by Crippen LogP contribution is 2.26. The first-order valence-electron chi connectivity index (χ1n) is 7.28. The minimum absolute atomic E-state index is 0.438. The number of benzene rings is 2. The molecule has 20 heavy (non-hydrogen) atoms. The van der Waals surface area contributed by atoms with E-state index in [9.17, 15) is 0 Å². The summed E-state index contributed by atoms with van der Waals surface area (Å²) in [5.74, 6) is 0. The van der Waals surface area contributed by atoms with Crippen LogP contribution in [0.4, 0.5) is 0 Å². The van der Waals surface area contributed by atoms with Crippen molar-refractivity contribution in [2.24, 2.45) is 0 Å². The van der Waals surface area contributed by atoms with Gasteiger partial charge in [-0.2, -0.15) is 0 Å². The van der Waals surface area contributed by atoms with Gasteiger partial charge in [-0.1, -0.05) is 47.1 Å². The Kier molecular flexibility index (Phi) is 5.81. The highest BCUT2D eigenvalue weighted by molar-refractivity contribution is 9.10. The molecule has 106 valence electrons.